The van der Waals surface area contributed by atoms with E-state index in [9.17, 15) is 0 Å². The van der Waals surface area contributed by atoms with Gasteiger partial charge in [0.25, 0.3) is 0 Å². The minimum absolute atomic E-state index is 0. The van der Waals surface area contributed by atoms with E-state index >= 15 is 0 Å². The van der Waals surface area contributed by atoms with Crippen LogP contribution in [0, 0.1) is 12.8 Å². The van der Waals surface area contributed by atoms with Crippen molar-refractivity contribution in [1.82, 2.24) is 25.4 Å². The fourth-order valence-corrected chi connectivity index (χ4v) is 3.57. The van der Waals surface area contributed by atoms with Crippen LogP contribution < -0.4 is 10.6 Å². The second-order valence-corrected chi connectivity index (χ2v) is 7.97. The molecule has 8 heteroatoms. The molecular formula is C20H35IN6S. The van der Waals surface area contributed by atoms with Crippen molar-refractivity contribution in [2.75, 3.05) is 13.1 Å². The van der Waals surface area contributed by atoms with Crippen LogP contribution in [-0.2, 0) is 20.0 Å². The van der Waals surface area contributed by atoms with Crippen LogP contribution in [0.1, 0.15) is 56.1 Å². The Bertz CT molecular complexity index is 683. The van der Waals surface area contributed by atoms with Crippen molar-refractivity contribution in [3.05, 3.63) is 34.0 Å². The van der Waals surface area contributed by atoms with Gasteiger partial charge in [-0.1, -0.05) is 39.2 Å². The molecule has 0 amide bonds. The Kier molecular flexibility index (Phi) is 12.4. The zero-order valence-corrected chi connectivity index (χ0v) is 20.7. The van der Waals surface area contributed by atoms with E-state index in [0.717, 1.165) is 37.1 Å². The van der Waals surface area contributed by atoms with Crippen LogP contribution in [0.4, 0.5) is 0 Å². The van der Waals surface area contributed by atoms with E-state index < -0.39 is 0 Å². The number of aromatic nitrogens is 3. The summed E-state index contributed by atoms with van der Waals surface area (Å²) in [5, 5.41) is 17.5. The molecule has 0 fully saturated rings. The van der Waals surface area contributed by atoms with Crippen LogP contribution in [0.25, 0.3) is 0 Å². The normalized spacial score (nSPS) is 12.5. The number of unbranched alkanes of at least 4 members (excludes halogenated alkanes) is 1. The summed E-state index contributed by atoms with van der Waals surface area (Å²) in [4.78, 5) is 6.14. The van der Waals surface area contributed by atoms with E-state index in [-0.39, 0.29) is 24.0 Å². The molecule has 0 aliphatic heterocycles. The summed E-state index contributed by atoms with van der Waals surface area (Å²) in [6.45, 7) is 8.83. The Hall–Kier alpha value is -1.16. The number of halogens is 1. The molecule has 6 nitrogen and oxygen atoms in total. The predicted molar refractivity (Wildman–Crippen MR) is 130 cm³/mol. The Morgan fingerprint density at radius 1 is 1.29 bits per heavy atom. The third-order valence-electron chi connectivity index (χ3n) is 4.91. The van der Waals surface area contributed by atoms with Crippen molar-refractivity contribution >= 4 is 41.3 Å². The standard InChI is InChI=1S/C20H34N6S.HI/c1-5-7-9-17(6-2)14-22-20(21-12-11-18-10-8-13-27-18)23-15-19-25-24-16(3)26(19)4;/h8,10,13,17H,5-7,9,11-12,14-15H2,1-4H3,(H2,21,22,23);1H. The number of hydrogen-bond acceptors (Lipinski definition) is 4. The molecule has 1 atom stereocenters. The number of thiophene rings is 1. The summed E-state index contributed by atoms with van der Waals surface area (Å²) < 4.78 is 1.99. The van der Waals surface area contributed by atoms with Crippen LogP contribution in [0.15, 0.2) is 22.5 Å². The Balaban J connectivity index is 0.00000392. The monoisotopic (exact) mass is 518 g/mol. The molecule has 0 radical (unpaired) electrons. The molecule has 2 aromatic rings. The molecule has 0 aromatic carbocycles. The van der Waals surface area contributed by atoms with E-state index in [4.69, 9.17) is 4.99 Å². The maximum atomic E-state index is 4.75. The molecular weight excluding hydrogens is 483 g/mol. The summed E-state index contributed by atoms with van der Waals surface area (Å²) in [5.74, 6) is 3.34. The third kappa shape index (κ3) is 8.46. The van der Waals surface area contributed by atoms with Gasteiger partial charge in [0, 0.05) is 25.0 Å². The van der Waals surface area contributed by atoms with Gasteiger partial charge in [-0.2, -0.15) is 0 Å². The van der Waals surface area contributed by atoms with E-state index in [0.29, 0.717) is 12.5 Å². The highest BCUT2D eigenvalue weighted by atomic mass is 127. The number of aliphatic imine (C=N–C) groups is 1. The predicted octanol–water partition coefficient (Wildman–Crippen LogP) is 4.30. The van der Waals surface area contributed by atoms with Crippen molar-refractivity contribution in [3.63, 3.8) is 0 Å². The molecule has 0 spiro atoms. The highest BCUT2D eigenvalue weighted by Crippen LogP contribution is 2.11. The molecule has 0 aliphatic rings. The Labute approximate surface area is 190 Å². The summed E-state index contributed by atoms with van der Waals surface area (Å²) in [6.07, 6.45) is 6.01. The summed E-state index contributed by atoms with van der Waals surface area (Å²) in [5.41, 5.74) is 0. The Morgan fingerprint density at radius 3 is 2.71 bits per heavy atom. The van der Waals surface area contributed by atoms with Crippen molar-refractivity contribution in [3.8, 4) is 0 Å². The van der Waals surface area contributed by atoms with Crippen LogP contribution in [0.5, 0.6) is 0 Å². The van der Waals surface area contributed by atoms with Gasteiger partial charge >= 0.3 is 0 Å². The SMILES string of the molecule is CCCCC(CC)CNC(=NCc1nnc(C)n1C)NCCc1cccs1.I. The largest absolute Gasteiger partial charge is 0.356 e. The molecule has 0 saturated carbocycles. The summed E-state index contributed by atoms with van der Waals surface area (Å²) in [7, 11) is 1.98. The van der Waals surface area contributed by atoms with Gasteiger partial charge < -0.3 is 15.2 Å². The van der Waals surface area contributed by atoms with E-state index in [1.54, 1.807) is 11.3 Å². The van der Waals surface area contributed by atoms with Crippen LogP contribution in [0.2, 0.25) is 0 Å². The molecule has 0 saturated heterocycles. The molecule has 2 N–H and O–H groups in total. The highest BCUT2D eigenvalue weighted by Gasteiger charge is 2.09. The zero-order chi connectivity index (χ0) is 19.5. The maximum absolute atomic E-state index is 4.75. The molecule has 2 aromatic heterocycles. The van der Waals surface area contributed by atoms with Crippen LogP contribution in [-0.4, -0.2) is 33.8 Å². The van der Waals surface area contributed by atoms with Gasteiger partial charge in [0.15, 0.2) is 11.8 Å². The molecule has 0 aliphatic carbocycles. The number of hydrogen-bond donors (Lipinski definition) is 2. The van der Waals surface area contributed by atoms with E-state index in [1.807, 2.05) is 18.5 Å². The summed E-state index contributed by atoms with van der Waals surface area (Å²) in [6, 6.07) is 4.28. The number of aryl methyl sites for hydroxylation is 1. The van der Waals surface area contributed by atoms with E-state index in [1.165, 1.54) is 30.6 Å². The van der Waals surface area contributed by atoms with E-state index in [2.05, 4.69) is 52.2 Å². The average molecular weight is 519 g/mol. The number of rotatable bonds is 11. The van der Waals surface area contributed by atoms with Gasteiger partial charge in [-0.25, -0.2) is 4.99 Å². The van der Waals surface area contributed by atoms with Crippen LogP contribution in [0.3, 0.4) is 0 Å². The highest BCUT2D eigenvalue weighted by molar-refractivity contribution is 14.0. The van der Waals surface area contributed by atoms with Gasteiger partial charge in [0.1, 0.15) is 12.4 Å². The number of nitrogens with zero attached hydrogens (tertiary/aromatic N) is 4. The average Bonchev–Trinajstić information content (AvgIpc) is 3.30. The number of nitrogens with one attached hydrogen (secondary N) is 2. The maximum Gasteiger partial charge on any atom is 0.191 e. The molecule has 2 rings (SSSR count). The fraction of sp³-hybridized carbons (Fsp3) is 0.650. The molecule has 1 unspecified atom stereocenters. The second-order valence-electron chi connectivity index (χ2n) is 6.94. The lowest BCUT2D eigenvalue weighted by Crippen LogP contribution is -2.40. The van der Waals surface area contributed by atoms with Crippen LogP contribution >= 0.6 is 35.3 Å². The first-order valence-corrected chi connectivity index (χ1v) is 10.9. The zero-order valence-electron chi connectivity index (χ0n) is 17.6. The van der Waals surface area contributed by atoms with Crippen molar-refractivity contribution < 1.29 is 0 Å². The first-order valence-electron chi connectivity index (χ1n) is 10.0. The van der Waals surface area contributed by atoms with Crippen molar-refractivity contribution in [2.24, 2.45) is 18.0 Å². The lowest BCUT2D eigenvalue weighted by Gasteiger charge is -2.18. The van der Waals surface area contributed by atoms with Gasteiger partial charge in [0.2, 0.25) is 0 Å². The topological polar surface area (TPSA) is 67.1 Å². The first kappa shape index (κ1) is 24.9. The molecule has 28 heavy (non-hydrogen) atoms. The third-order valence-corrected chi connectivity index (χ3v) is 5.84. The lowest BCUT2D eigenvalue weighted by atomic mass is 9.99. The van der Waals surface area contributed by atoms with Gasteiger partial charge in [-0.05, 0) is 37.1 Å². The van der Waals surface area contributed by atoms with Gasteiger partial charge in [0.05, 0.1) is 0 Å². The summed E-state index contributed by atoms with van der Waals surface area (Å²) >= 11 is 1.80. The molecule has 0 bridgehead atoms. The van der Waals surface area contributed by atoms with Gasteiger partial charge in [-0.15, -0.1) is 45.5 Å². The molecule has 158 valence electrons. The smallest absolute Gasteiger partial charge is 0.191 e. The van der Waals surface area contributed by atoms with Crippen molar-refractivity contribution in [1.29, 1.82) is 0 Å². The lowest BCUT2D eigenvalue weighted by molar-refractivity contribution is 0.443. The minimum Gasteiger partial charge on any atom is -0.356 e. The quantitative estimate of drug-likeness (QED) is 0.265. The minimum atomic E-state index is 0. The first-order chi connectivity index (χ1) is 13.1. The Morgan fingerprint density at radius 2 is 2.11 bits per heavy atom. The fourth-order valence-electron chi connectivity index (χ4n) is 2.86. The van der Waals surface area contributed by atoms with Crippen molar-refractivity contribution in [2.45, 2.75) is 59.4 Å². The molecule has 2 heterocycles. The van der Waals surface area contributed by atoms with Gasteiger partial charge in [-0.3, -0.25) is 0 Å². The second kappa shape index (κ2) is 13.9. The number of guanidine groups is 1.